The summed E-state index contributed by atoms with van der Waals surface area (Å²) in [7, 11) is 0. The van der Waals surface area contributed by atoms with E-state index in [4.69, 9.17) is 70.7 Å². The summed E-state index contributed by atoms with van der Waals surface area (Å²) < 4.78 is 18.9. The van der Waals surface area contributed by atoms with Crippen molar-refractivity contribution in [2.45, 2.75) is 6.48 Å². The van der Waals surface area contributed by atoms with Gasteiger partial charge in [-0.25, -0.2) is 0 Å². The molecule has 0 spiro atoms. The first-order valence-electron chi connectivity index (χ1n) is 7.47. The molecule has 25 nitrogen and oxygen atoms in total. The molecule has 0 aliphatic heterocycles. The Kier molecular flexibility index (Phi) is 103. The molecule has 0 aromatic carbocycles. The molecule has 43 heavy (non-hydrogen) atoms. The fourth-order valence-corrected chi connectivity index (χ4v) is 0.597. The van der Waals surface area contributed by atoms with Crippen molar-refractivity contribution in [1.82, 2.24) is 0 Å². The number of ether oxygens (including phenoxy) is 5. The summed E-state index contributed by atoms with van der Waals surface area (Å²) in [5, 5.41) is 20.3. The smallest absolute Gasteiger partial charge is 0.409 e. The summed E-state index contributed by atoms with van der Waals surface area (Å²) in [5.41, 5.74) is 43.2. The fourth-order valence-electron chi connectivity index (χ4n) is 0.597. The third-order valence-corrected chi connectivity index (χ3v) is 1.28. The van der Waals surface area contributed by atoms with Crippen LogP contribution in [0.3, 0.4) is 0 Å². The summed E-state index contributed by atoms with van der Waals surface area (Å²) in [6.45, 7) is -3.40. The molecule has 0 saturated carbocycles. The second kappa shape index (κ2) is 60.2. The third-order valence-electron chi connectivity index (χ3n) is 1.28. The van der Waals surface area contributed by atoms with Crippen molar-refractivity contribution < 1.29 is 235 Å². The van der Waals surface area contributed by atoms with Gasteiger partial charge in [0.25, 0.3) is 0 Å². The molecule has 0 aromatic rings. The van der Waals surface area contributed by atoms with Crippen LogP contribution in [0.2, 0.25) is 0 Å². The van der Waals surface area contributed by atoms with Crippen LogP contribution >= 0.6 is 0 Å². The van der Waals surface area contributed by atoms with Crippen LogP contribution in [0.25, 0.3) is 56.4 Å². The molecule has 0 saturated heterocycles. The zero-order chi connectivity index (χ0) is 31.7. The predicted molar refractivity (Wildman–Crippen MR) is 113 cm³/mol. The van der Waals surface area contributed by atoms with Gasteiger partial charge in [0.15, 0.2) is 0 Å². The minimum absolute atomic E-state index is 0. The molecule has 0 heterocycles. The fraction of sp³-hybridized carbons (Fsp3) is 0.231. The van der Waals surface area contributed by atoms with Gasteiger partial charge in [-0.05, 0) is 18.2 Å². The van der Waals surface area contributed by atoms with Crippen LogP contribution in [0.1, 0.15) is 0 Å². The molecule has 0 aromatic heterocycles. The van der Waals surface area contributed by atoms with E-state index in [0.29, 0.717) is 18.2 Å². The van der Waals surface area contributed by atoms with Gasteiger partial charge < -0.3 is 89.6 Å². The molecule has 0 aliphatic rings. The number of carbonyl (C=O) groups excluding carboxylic acids is 10. The van der Waals surface area contributed by atoms with Gasteiger partial charge in [-0.1, -0.05) is 0 Å². The number of carbonyl (C=O) groups is 7. The molecule has 7 N–H and O–H groups in total. The zero-order valence-electron chi connectivity index (χ0n) is 20.8. The third kappa shape index (κ3) is 142. The van der Waals surface area contributed by atoms with Crippen molar-refractivity contribution in [3.63, 3.8) is 0 Å². The van der Waals surface area contributed by atoms with Gasteiger partial charge in [0, 0.05) is 164 Å². The Morgan fingerprint density at radius 3 is 0.698 bits per heavy atom. The Hall–Kier alpha value is -1.05. The van der Waals surface area contributed by atoms with Crippen LogP contribution in [0.5, 0.6) is 0 Å². The van der Waals surface area contributed by atoms with E-state index in [9.17, 15) is 33.6 Å². The van der Waals surface area contributed by atoms with Crippen LogP contribution in [-0.4, -0.2) is 80.2 Å². The Labute approximate surface area is 366 Å². The van der Waals surface area contributed by atoms with E-state index < -0.39 is 62.0 Å². The van der Waals surface area contributed by atoms with Crippen LogP contribution in [0, 0.1) is 0 Å². The molecule has 0 fully saturated rings. The SMILES string of the molecule is [N-]=C=O.[N-]=C=O.[N-]=C=O.[NH-]C(=O)COC([NH-])=O.[NH-]C(=O)COC([NH-])=O.[NH-]C(=O)OC(OC([NH-])=O)OC([NH-])=O.[Y].[Y].[Y].[Y].[Y]. The van der Waals surface area contributed by atoms with Gasteiger partial charge in [-0.2, -0.15) is 0 Å². The average molecular weight is 993 g/mol. The number of hydrogen-bond donors (Lipinski definition) is 0. The topological polar surface area (TPSA) is 450 Å². The van der Waals surface area contributed by atoms with Crippen LogP contribution in [-0.2, 0) is 211 Å². The standard InChI is InChI=1S/C4H7N3O6.2C3H6N2O3.3CNO.5Y/c5-1(8)11-4(12-2(6)9)13-3(7)10;2*4-2(6)1-8-3(5)7;3*2-1-3;;;;;/h4H,(H6,5,6,7,8,9,10);2*1H2,(H4,4,5,6,7);;;;;;;;/q;;;3*-1;;;;;/p-7. The largest absolute Gasteiger partial charge is 0.724 e. The van der Waals surface area contributed by atoms with Crippen molar-refractivity contribution in [2.75, 3.05) is 13.2 Å². The van der Waals surface area contributed by atoms with Crippen LogP contribution in [0.4, 0.5) is 24.0 Å². The molecule has 0 bridgehead atoms. The Bertz CT molecular complexity index is 759. The molecule has 0 rings (SSSR count). The second-order valence-electron chi connectivity index (χ2n) is 3.78. The van der Waals surface area contributed by atoms with Crippen LogP contribution < -0.4 is 0 Å². The summed E-state index contributed by atoms with van der Waals surface area (Å²) >= 11 is 0. The maximum absolute atomic E-state index is 9.96. The van der Waals surface area contributed by atoms with E-state index in [0.717, 1.165) is 0 Å². The molecular formula is C13H12N10O15Y5-10. The Morgan fingerprint density at radius 2 is 0.628 bits per heavy atom. The molecule has 7 amide bonds. The minimum Gasteiger partial charge on any atom is -0.724 e. The monoisotopic (exact) mass is 993 g/mol. The van der Waals surface area contributed by atoms with E-state index in [2.05, 4.69) is 23.7 Å². The first kappa shape index (κ1) is 73.4. The van der Waals surface area contributed by atoms with E-state index in [-0.39, 0.29) is 164 Å². The molecule has 30 heteroatoms. The number of amides is 7. The molecule has 5 radical (unpaired) electrons. The summed E-state index contributed by atoms with van der Waals surface area (Å²) in [6, 6.07) is 0. The van der Waals surface area contributed by atoms with E-state index in [1.807, 2.05) is 0 Å². The van der Waals surface area contributed by atoms with E-state index >= 15 is 0 Å². The molecule has 0 unspecified atom stereocenters. The summed E-state index contributed by atoms with van der Waals surface area (Å²) in [5.74, 6) is -2.02. The zero-order valence-corrected chi connectivity index (χ0v) is 35.0. The first-order chi connectivity index (χ1) is 17.4. The second-order valence-corrected chi connectivity index (χ2v) is 3.78. The van der Waals surface area contributed by atoms with E-state index in [1.54, 1.807) is 0 Å². The number of isocyanates is 3. The molecule has 0 aliphatic carbocycles. The average Bonchev–Trinajstić information content (AvgIpc) is 2.72. The summed E-state index contributed by atoms with van der Waals surface area (Å²) in [6.07, 6.45) is -5.97. The van der Waals surface area contributed by atoms with Gasteiger partial charge in [0.1, 0.15) is 13.2 Å². The van der Waals surface area contributed by atoms with E-state index in [1.165, 1.54) is 0 Å². The van der Waals surface area contributed by atoms with Crippen molar-refractivity contribution >= 4 is 60.5 Å². The number of hydrogen-bond acceptors (Lipinski definition) is 15. The van der Waals surface area contributed by atoms with Gasteiger partial charge >= 0.3 is 6.48 Å². The normalized spacial score (nSPS) is 6.26. The molecule has 229 valence electrons. The van der Waals surface area contributed by atoms with Gasteiger partial charge in [0.05, 0.1) is 11.8 Å². The first-order valence-corrected chi connectivity index (χ1v) is 7.47. The van der Waals surface area contributed by atoms with Crippen molar-refractivity contribution in [3.8, 4) is 0 Å². The maximum atomic E-state index is 9.96. The number of rotatable bonds is 7. The van der Waals surface area contributed by atoms with Crippen LogP contribution in [0.15, 0.2) is 0 Å². The minimum atomic E-state index is -2.15. The summed E-state index contributed by atoms with van der Waals surface area (Å²) in [4.78, 5) is 93.0. The molecule has 0 atom stereocenters. The van der Waals surface area contributed by atoms with Gasteiger partial charge in [-0.15, -0.1) is 0 Å². The van der Waals surface area contributed by atoms with Crippen molar-refractivity contribution in [1.29, 1.82) is 0 Å². The number of nitrogens with zero attached hydrogens (tertiary/aromatic N) is 3. The maximum Gasteiger partial charge on any atom is 0.409 e. The quantitative estimate of drug-likeness (QED) is 0.153. The predicted octanol–water partition coefficient (Wildman–Crippen LogP) is 3.01. The van der Waals surface area contributed by atoms with Crippen molar-refractivity contribution in [3.05, 3.63) is 56.4 Å². The van der Waals surface area contributed by atoms with Gasteiger partial charge in [0.2, 0.25) is 30.5 Å². The molecular weight excluding hydrogens is 981 g/mol. The van der Waals surface area contributed by atoms with Gasteiger partial charge in [-0.3, -0.25) is 38.4 Å². The Balaban J connectivity index is -0.0000000338. The Morgan fingerprint density at radius 1 is 0.465 bits per heavy atom. The number of nitrogens with one attached hydrogen (secondary N) is 7. The van der Waals surface area contributed by atoms with Crippen molar-refractivity contribution in [2.24, 2.45) is 0 Å².